The van der Waals surface area contributed by atoms with Crippen LogP contribution in [0.2, 0.25) is 0 Å². The second-order valence-electron chi connectivity index (χ2n) is 20.1. The molecule has 0 amide bonds. The second-order valence-corrected chi connectivity index (χ2v) is 20.1. The Labute approximate surface area is 393 Å². The average Bonchev–Trinajstić information content (AvgIpc) is 3.27. The van der Waals surface area contributed by atoms with Crippen molar-refractivity contribution in [2.24, 2.45) is 5.92 Å². The number of carbonyl (C=O) groups is 3. The van der Waals surface area contributed by atoms with Gasteiger partial charge in [-0.25, -0.2) is 0 Å². The molecule has 0 heterocycles. The molecule has 0 saturated heterocycles. The summed E-state index contributed by atoms with van der Waals surface area (Å²) in [5.41, 5.74) is 0. The molecule has 6 nitrogen and oxygen atoms in total. The van der Waals surface area contributed by atoms with Crippen molar-refractivity contribution in [3.05, 3.63) is 0 Å². The van der Waals surface area contributed by atoms with Gasteiger partial charge in [0.25, 0.3) is 0 Å². The van der Waals surface area contributed by atoms with Gasteiger partial charge < -0.3 is 14.2 Å². The van der Waals surface area contributed by atoms with Gasteiger partial charge in [-0.1, -0.05) is 285 Å². The lowest BCUT2D eigenvalue weighted by Gasteiger charge is -2.18. The fraction of sp³-hybridized carbons (Fsp3) is 0.947. The van der Waals surface area contributed by atoms with Crippen molar-refractivity contribution in [1.29, 1.82) is 0 Å². The van der Waals surface area contributed by atoms with Crippen LogP contribution in [0.25, 0.3) is 0 Å². The van der Waals surface area contributed by atoms with E-state index in [2.05, 4.69) is 27.7 Å². The van der Waals surface area contributed by atoms with Gasteiger partial charge in [-0.05, 0) is 25.2 Å². The van der Waals surface area contributed by atoms with Gasteiger partial charge in [0.05, 0.1) is 0 Å². The lowest BCUT2D eigenvalue weighted by atomic mass is 10.0. The molecular weight excluding hydrogens is 781 g/mol. The van der Waals surface area contributed by atoms with E-state index >= 15 is 0 Å². The summed E-state index contributed by atoms with van der Waals surface area (Å²) >= 11 is 0. The fourth-order valence-corrected chi connectivity index (χ4v) is 8.75. The van der Waals surface area contributed by atoms with Gasteiger partial charge in [-0.3, -0.25) is 14.4 Å². The van der Waals surface area contributed by atoms with E-state index in [1.807, 2.05) is 0 Å². The normalized spacial score (nSPS) is 12.0. The number of hydrogen-bond acceptors (Lipinski definition) is 6. The van der Waals surface area contributed by atoms with Crippen molar-refractivity contribution in [1.82, 2.24) is 0 Å². The molecule has 0 bridgehead atoms. The number of ether oxygens (including phenoxy) is 3. The first-order valence-electron chi connectivity index (χ1n) is 28.4. The van der Waals surface area contributed by atoms with Crippen molar-refractivity contribution >= 4 is 17.9 Å². The monoisotopic (exact) mass is 891 g/mol. The Morgan fingerprint density at radius 3 is 0.778 bits per heavy atom. The molecule has 0 fully saturated rings. The van der Waals surface area contributed by atoms with E-state index in [0.717, 1.165) is 63.7 Å². The maximum Gasteiger partial charge on any atom is 0.306 e. The lowest BCUT2D eigenvalue weighted by molar-refractivity contribution is -0.167. The SMILES string of the molecule is CCCCCCCCCCCCCCCCCCCC(=O)OC[C@H](COC(=O)CCCCCCCCCCCCCCCCCCC(C)C)OC(=O)CCCCCCCCCCC. The topological polar surface area (TPSA) is 78.9 Å². The van der Waals surface area contributed by atoms with E-state index in [0.29, 0.717) is 19.3 Å². The van der Waals surface area contributed by atoms with E-state index in [1.54, 1.807) is 0 Å². The molecule has 0 aromatic rings. The summed E-state index contributed by atoms with van der Waals surface area (Å²) < 4.78 is 16.8. The molecular formula is C57H110O6. The molecule has 0 N–H and O–H groups in total. The third-order valence-corrected chi connectivity index (χ3v) is 13.0. The highest BCUT2D eigenvalue weighted by atomic mass is 16.6. The molecule has 0 aromatic carbocycles. The van der Waals surface area contributed by atoms with Crippen molar-refractivity contribution in [3.63, 3.8) is 0 Å². The highest BCUT2D eigenvalue weighted by molar-refractivity contribution is 5.71. The maximum absolute atomic E-state index is 12.8. The molecule has 0 aliphatic heterocycles. The summed E-state index contributed by atoms with van der Waals surface area (Å²) in [7, 11) is 0. The Hall–Kier alpha value is -1.59. The first-order valence-corrected chi connectivity index (χ1v) is 28.4. The standard InChI is InChI=1S/C57H110O6/c1-5-7-9-11-13-15-16-17-18-19-23-26-29-33-36-40-44-48-55(58)61-51-54(63-57(60)50-46-42-38-31-14-12-10-8-6-2)52-62-56(59)49-45-41-37-34-30-27-24-21-20-22-25-28-32-35-39-43-47-53(3)4/h53-54H,5-52H2,1-4H3/t54-/m1/s1. The summed E-state index contributed by atoms with van der Waals surface area (Å²) in [6.07, 6.45) is 55.3. The van der Waals surface area contributed by atoms with Crippen LogP contribution >= 0.6 is 0 Å². The van der Waals surface area contributed by atoms with Gasteiger partial charge in [0.1, 0.15) is 13.2 Å². The molecule has 0 unspecified atom stereocenters. The molecule has 0 aliphatic carbocycles. The van der Waals surface area contributed by atoms with Gasteiger partial charge in [-0.15, -0.1) is 0 Å². The maximum atomic E-state index is 12.8. The van der Waals surface area contributed by atoms with Crippen LogP contribution in [0.4, 0.5) is 0 Å². The molecule has 1 atom stereocenters. The first kappa shape index (κ1) is 61.4. The van der Waals surface area contributed by atoms with Gasteiger partial charge >= 0.3 is 17.9 Å². The summed E-state index contributed by atoms with van der Waals surface area (Å²) in [5.74, 6) is 0.0126. The smallest absolute Gasteiger partial charge is 0.306 e. The molecule has 374 valence electrons. The second kappa shape index (κ2) is 51.4. The fourth-order valence-electron chi connectivity index (χ4n) is 8.75. The number of esters is 3. The van der Waals surface area contributed by atoms with Crippen molar-refractivity contribution in [2.45, 2.75) is 329 Å². The zero-order valence-corrected chi connectivity index (χ0v) is 43.0. The molecule has 0 aromatic heterocycles. The van der Waals surface area contributed by atoms with E-state index in [9.17, 15) is 14.4 Å². The quantitative estimate of drug-likeness (QED) is 0.0344. The number of rotatable bonds is 52. The van der Waals surface area contributed by atoms with Crippen LogP contribution in [0, 0.1) is 5.92 Å². The van der Waals surface area contributed by atoms with E-state index in [-0.39, 0.29) is 31.1 Å². The van der Waals surface area contributed by atoms with Gasteiger partial charge in [0.15, 0.2) is 6.10 Å². The summed E-state index contributed by atoms with van der Waals surface area (Å²) in [6.45, 7) is 9.05. The van der Waals surface area contributed by atoms with Crippen LogP contribution in [0.15, 0.2) is 0 Å². The van der Waals surface area contributed by atoms with Crippen LogP contribution in [0.1, 0.15) is 323 Å². The molecule has 0 spiro atoms. The third kappa shape index (κ3) is 51.3. The Kier molecular flexibility index (Phi) is 50.1. The van der Waals surface area contributed by atoms with Crippen LogP contribution in [0.5, 0.6) is 0 Å². The molecule has 6 heteroatoms. The Balaban J connectivity index is 4.18. The number of hydrogen-bond donors (Lipinski definition) is 0. The van der Waals surface area contributed by atoms with Crippen LogP contribution < -0.4 is 0 Å². The third-order valence-electron chi connectivity index (χ3n) is 13.0. The molecule has 0 saturated carbocycles. The lowest BCUT2D eigenvalue weighted by Crippen LogP contribution is -2.30. The Morgan fingerprint density at radius 1 is 0.302 bits per heavy atom. The van der Waals surface area contributed by atoms with Crippen LogP contribution in [-0.4, -0.2) is 37.2 Å². The van der Waals surface area contributed by atoms with Gasteiger partial charge in [-0.2, -0.15) is 0 Å². The number of unbranched alkanes of at least 4 members (excludes halogenated alkanes) is 39. The van der Waals surface area contributed by atoms with Crippen LogP contribution in [-0.2, 0) is 28.6 Å². The molecule has 0 radical (unpaired) electrons. The number of carbonyl (C=O) groups excluding carboxylic acids is 3. The molecule has 0 aliphatic rings. The first-order chi connectivity index (χ1) is 30.9. The molecule has 0 rings (SSSR count). The van der Waals surface area contributed by atoms with Crippen molar-refractivity contribution in [3.8, 4) is 0 Å². The van der Waals surface area contributed by atoms with E-state index in [4.69, 9.17) is 14.2 Å². The Bertz CT molecular complexity index is 949. The average molecular weight is 892 g/mol. The summed E-state index contributed by atoms with van der Waals surface area (Å²) in [4.78, 5) is 38.0. The Morgan fingerprint density at radius 2 is 0.524 bits per heavy atom. The van der Waals surface area contributed by atoms with E-state index < -0.39 is 6.10 Å². The minimum absolute atomic E-state index is 0.0623. The van der Waals surface area contributed by atoms with E-state index in [1.165, 1.54) is 218 Å². The highest BCUT2D eigenvalue weighted by Crippen LogP contribution is 2.18. The van der Waals surface area contributed by atoms with Crippen molar-refractivity contribution < 1.29 is 28.6 Å². The minimum Gasteiger partial charge on any atom is -0.462 e. The predicted molar refractivity (Wildman–Crippen MR) is 270 cm³/mol. The highest BCUT2D eigenvalue weighted by Gasteiger charge is 2.19. The zero-order valence-electron chi connectivity index (χ0n) is 43.0. The van der Waals surface area contributed by atoms with Gasteiger partial charge in [0, 0.05) is 19.3 Å². The zero-order chi connectivity index (χ0) is 45.9. The molecule has 63 heavy (non-hydrogen) atoms. The van der Waals surface area contributed by atoms with Gasteiger partial charge in [0.2, 0.25) is 0 Å². The summed E-state index contributed by atoms with van der Waals surface area (Å²) in [5, 5.41) is 0. The predicted octanol–water partition coefficient (Wildman–Crippen LogP) is 18.6. The summed E-state index contributed by atoms with van der Waals surface area (Å²) in [6, 6.07) is 0. The van der Waals surface area contributed by atoms with Crippen molar-refractivity contribution in [2.75, 3.05) is 13.2 Å². The minimum atomic E-state index is -0.760. The largest absolute Gasteiger partial charge is 0.462 e. The van der Waals surface area contributed by atoms with Crippen LogP contribution in [0.3, 0.4) is 0 Å².